The summed E-state index contributed by atoms with van der Waals surface area (Å²) in [6.45, 7) is 5.45. The Hall–Kier alpha value is -1.60. The van der Waals surface area contributed by atoms with Gasteiger partial charge in [-0.2, -0.15) is 0 Å². The summed E-state index contributed by atoms with van der Waals surface area (Å²) in [6.07, 6.45) is 1.07. The molecule has 1 nitrogen and oxygen atoms in total. The second-order valence-corrected chi connectivity index (χ2v) is 5.15. The van der Waals surface area contributed by atoms with E-state index in [1.54, 1.807) is 0 Å². The molecule has 2 aromatic rings. The average molecular weight is 239 g/mol. The average Bonchev–Trinajstić information content (AvgIpc) is 2.41. The van der Waals surface area contributed by atoms with E-state index in [1.807, 2.05) is 0 Å². The predicted octanol–water partition coefficient (Wildman–Crippen LogP) is 3.75. The first-order chi connectivity index (χ1) is 8.68. The molecule has 0 radical (unpaired) electrons. The third-order valence-electron chi connectivity index (χ3n) is 3.32. The number of benzene rings is 2. The monoisotopic (exact) mass is 239 g/mol. The van der Waals surface area contributed by atoms with Gasteiger partial charge in [-0.05, 0) is 37.9 Å². The number of rotatable bonds is 5. The molecule has 94 valence electrons. The van der Waals surface area contributed by atoms with E-state index in [2.05, 4.69) is 79.8 Å². The molecule has 0 fully saturated rings. The fourth-order valence-corrected chi connectivity index (χ4v) is 2.12. The van der Waals surface area contributed by atoms with Crippen molar-refractivity contribution in [2.45, 2.75) is 25.8 Å². The fourth-order valence-electron chi connectivity index (χ4n) is 2.12. The van der Waals surface area contributed by atoms with Crippen molar-refractivity contribution in [3.63, 3.8) is 0 Å². The van der Waals surface area contributed by atoms with Gasteiger partial charge in [-0.1, -0.05) is 60.7 Å². The number of hydrogen-bond acceptors (Lipinski definition) is 1. The lowest BCUT2D eigenvalue weighted by Crippen LogP contribution is -2.37. The molecular weight excluding hydrogens is 218 g/mol. The molecule has 0 unspecified atom stereocenters. The van der Waals surface area contributed by atoms with Crippen LogP contribution < -0.4 is 5.32 Å². The Morgan fingerprint density at radius 1 is 0.833 bits per heavy atom. The van der Waals surface area contributed by atoms with Crippen LogP contribution in [0.4, 0.5) is 0 Å². The van der Waals surface area contributed by atoms with Gasteiger partial charge in [0, 0.05) is 5.54 Å². The van der Waals surface area contributed by atoms with Crippen molar-refractivity contribution < 1.29 is 0 Å². The molecular formula is C17H21N. The van der Waals surface area contributed by atoms with Crippen LogP contribution in [0.3, 0.4) is 0 Å². The molecule has 0 aliphatic carbocycles. The molecule has 0 aliphatic heterocycles. The highest BCUT2D eigenvalue weighted by Gasteiger charge is 2.18. The Labute approximate surface area is 110 Å². The third-order valence-corrected chi connectivity index (χ3v) is 3.32. The molecule has 18 heavy (non-hydrogen) atoms. The summed E-state index contributed by atoms with van der Waals surface area (Å²) >= 11 is 0. The summed E-state index contributed by atoms with van der Waals surface area (Å²) in [7, 11) is 0. The Bertz CT molecular complexity index is 459. The van der Waals surface area contributed by atoms with E-state index in [1.165, 1.54) is 11.1 Å². The first-order valence-electron chi connectivity index (χ1n) is 6.53. The molecule has 1 heteroatoms. The Balaban J connectivity index is 1.90. The summed E-state index contributed by atoms with van der Waals surface area (Å²) < 4.78 is 0. The van der Waals surface area contributed by atoms with E-state index < -0.39 is 0 Å². The van der Waals surface area contributed by atoms with E-state index >= 15 is 0 Å². The van der Waals surface area contributed by atoms with E-state index in [4.69, 9.17) is 0 Å². The van der Waals surface area contributed by atoms with Crippen molar-refractivity contribution in [2.75, 3.05) is 6.54 Å². The van der Waals surface area contributed by atoms with Gasteiger partial charge in [-0.15, -0.1) is 0 Å². The van der Waals surface area contributed by atoms with Gasteiger partial charge >= 0.3 is 0 Å². The van der Waals surface area contributed by atoms with Crippen LogP contribution in [0.1, 0.15) is 25.0 Å². The van der Waals surface area contributed by atoms with E-state index in [0.717, 1.165) is 13.0 Å². The van der Waals surface area contributed by atoms with Gasteiger partial charge in [0.05, 0.1) is 0 Å². The molecule has 0 heterocycles. The van der Waals surface area contributed by atoms with Crippen LogP contribution in [0.15, 0.2) is 60.7 Å². The summed E-state index contributed by atoms with van der Waals surface area (Å²) in [5.41, 5.74) is 2.74. The first kappa shape index (κ1) is 12.8. The highest BCUT2D eigenvalue weighted by Crippen LogP contribution is 2.19. The summed E-state index contributed by atoms with van der Waals surface area (Å²) in [5, 5.41) is 3.62. The lowest BCUT2D eigenvalue weighted by molar-refractivity contribution is 0.407. The van der Waals surface area contributed by atoms with Crippen molar-refractivity contribution >= 4 is 0 Å². The lowest BCUT2D eigenvalue weighted by atomic mass is 9.94. The van der Waals surface area contributed by atoms with Gasteiger partial charge in [-0.25, -0.2) is 0 Å². The molecule has 0 spiro atoms. The Morgan fingerprint density at radius 3 is 2.00 bits per heavy atom. The van der Waals surface area contributed by atoms with Crippen LogP contribution in [0.5, 0.6) is 0 Å². The van der Waals surface area contributed by atoms with E-state index in [0.29, 0.717) is 0 Å². The fraction of sp³-hybridized carbons (Fsp3) is 0.294. The van der Waals surface area contributed by atoms with Crippen LogP contribution in [-0.2, 0) is 12.0 Å². The highest BCUT2D eigenvalue weighted by molar-refractivity contribution is 5.22. The number of nitrogens with one attached hydrogen (secondary N) is 1. The van der Waals surface area contributed by atoms with Crippen LogP contribution in [-0.4, -0.2) is 6.54 Å². The topological polar surface area (TPSA) is 12.0 Å². The van der Waals surface area contributed by atoms with Gasteiger partial charge in [0.25, 0.3) is 0 Å². The van der Waals surface area contributed by atoms with Crippen molar-refractivity contribution in [1.29, 1.82) is 0 Å². The maximum atomic E-state index is 3.62. The molecule has 0 aliphatic rings. The third kappa shape index (κ3) is 3.44. The van der Waals surface area contributed by atoms with E-state index in [9.17, 15) is 0 Å². The molecule has 0 saturated heterocycles. The summed E-state index contributed by atoms with van der Waals surface area (Å²) in [6, 6.07) is 21.2. The molecule has 0 saturated carbocycles. The molecule has 0 amide bonds. The SMILES string of the molecule is CC(C)(NCCc1ccccc1)c1ccccc1. The molecule has 0 aromatic heterocycles. The van der Waals surface area contributed by atoms with Crippen LogP contribution in [0, 0.1) is 0 Å². The normalized spacial score (nSPS) is 11.4. The second kappa shape index (κ2) is 5.83. The second-order valence-electron chi connectivity index (χ2n) is 5.15. The largest absolute Gasteiger partial charge is 0.307 e. The van der Waals surface area contributed by atoms with Gasteiger partial charge in [0.1, 0.15) is 0 Å². The van der Waals surface area contributed by atoms with Crippen molar-refractivity contribution in [2.24, 2.45) is 0 Å². The number of hydrogen-bond donors (Lipinski definition) is 1. The minimum atomic E-state index is 0.0238. The zero-order valence-corrected chi connectivity index (χ0v) is 11.2. The molecule has 2 aromatic carbocycles. The summed E-state index contributed by atoms with van der Waals surface area (Å²) in [5.74, 6) is 0. The molecule has 1 N–H and O–H groups in total. The predicted molar refractivity (Wildman–Crippen MR) is 77.6 cm³/mol. The van der Waals surface area contributed by atoms with Crippen LogP contribution in [0.2, 0.25) is 0 Å². The van der Waals surface area contributed by atoms with E-state index in [-0.39, 0.29) is 5.54 Å². The first-order valence-corrected chi connectivity index (χ1v) is 6.53. The minimum Gasteiger partial charge on any atom is -0.307 e. The summed E-state index contributed by atoms with van der Waals surface area (Å²) in [4.78, 5) is 0. The molecule has 0 atom stereocenters. The van der Waals surface area contributed by atoms with Crippen molar-refractivity contribution in [1.82, 2.24) is 5.32 Å². The maximum absolute atomic E-state index is 3.62. The Morgan fingerprint density at radius 2 is 1.39 bits per heavy atom. The highest BCUT2D eigenvalue weighted by atomic mass is 14.9. The lowest BCUT2D eigenvalue weighted by Gasteiger charge is -2.27. The van der Waals surface area contributed by atoms with Crippen LogP contribution >= 0.6 is 0 Å². The zero-order chi connectivity index (χ0) is 12.8. The van der Waals surface area contributed by atoms with Crippen molar-refractivity contribution in [3.05, 3.63) is 71.8 Å². The van der Waals surface area contributed by atoms with Gasteiger partial charge in [-0.3, -0.25) is 0 Å². The zero-order valence-electron chi connectivity index (χ0n) is 11.2. The van der Waals surface area contributed by atoms with Crippen molar-refractivity contribution in [3.8, 4) is 0 Å². The molecule has 0 bridgehead atoms. The van der Waals surface area contributed by atoms with Gasteiger partial charge in [0.15, 0.2) is 0 Å². The minimum absolute atomic E-state index is 0.0238. The Kier molecular flexibility index (Phi) is 4.16. The van der Waals surface area contributed by atoms with Gasteiger partial charge < -0.3 is 5.32 Å². The standard InChI is InChI=1S/C17H21N/c1-17(2,16-11-7-4-8-12-16)18-14-13-15-9-5-3-6-10-15/h3-12,18H,13-14H2,1-2H3. The smallest absolute Gasteiger partial charge is 0.0377 e. The van der Waals surface area contributed by atoms with Crippen LogP contribution in [0.25, 0.3) is 0 Å². The van der Waals surface area contributed by atoms with Gasteiger partial charge in [0.2, 0.25) is 0 Å². The quantitative estimate of drug-likeness (QED) is 0.838. The maximum Gasteiger partial charge on any atom is 0.0377 e. The molecule has 2 rings (SSSR count).